The molecule has 20 heavy (non-hydrogen) atoms. The molecule has 1 heterocycles. The molecule has 1 aromatic heterocycles. The van der Waals surface area contributed by atoms with Gasteiger partial charge >= 0.3 is 0 Å². The number of benzene rings is 1. The van der Waals surface area contributed by atoms with Crippen molar-refractivity contribution in [2.75, 3.05) is 6.54 Å². The Labute approximate surface area is 118 Å². The molecular weight excluding hydrogens is 255 g/mol. The number of halogens is 1. The lowest BCUT2D eigenvalue weighted by atomic mass is 10.2. The van der Waals surface area contributed by atoms with Crippen LogP contribution in [0.5, 0.6) is 11.5 Å². The van der Waals surface area contributed by atoms with Crippen LogP contribution in [0.25, 0.3) is 0 Å². The second-order valence-corrected chi connectivity index (χ2v) is 4.71. The highest BCUT2D eigenvalue weighted by atomic mass is 19.1. The van der Waals surface area contributed by atoms with Crippen LogP contribution in [-0.4, -0.2) is 11.5 Å². The number of ether oxygens (including phenoxy) is 1. The van der Waals surface area contributed by atoms with Crippen molar-refractivity contribution in [1.29, 1.82) is 0 Å². The van der Waals surface area contributed by atoms with Crippen LogP contribution in [0.3, 0.4) is 0 Å². The summed E-state index contributed by atoms with van der Waals surface area (Å²) < 4.78 is 19.0. The third-order valence-electron chi connectivity index (χ3n) is 3.09. The minimum Gasteiger partial charge on any atom is -0.456 e. The smallest absolute Gasteiger partial charge is 0.145 e. The van der Waals surface area contributed by atoms with Crippen molar-refractivity contribution in [2.24, 2.45) is 0 Å². The van der Waals surface area contributed by atoms with Gasteiger partial charge in [-0.15, -0.1) is 0 Å². The largest absolute Gasteiger partial charge is 0.456 e. The zero-order valence-corrected chi connectivity index (χ0v) is 12.0. The summed E-state index contributed by atoms with van der Waals surface area (Å²) in [6.45, 7) is 6.73. The van der Waals surface area contributed by atoms with Crippen molar-refractivity contribution in [3.05, 3.63) is 53.6 Å². The second-order valence-electron chi connectivity index (χ2n) is 4.71. The first-order valence-corrected chi connectivity index (χ1v) is 6.73. The van der Waals surface area contributed by atoms with E-state index >= 15 is 0 Å². The molecule has 0 spiro atoms. The first-order valence-electron chi connectivity index (χ1n) is 6.73. The molecule has 0 saturated heterocycles. The predicted molar refractivity (Wildman–Crippen MR) is 77.5 cm³/mol. The summed E-state index contributed by atoms with van der Waals surface area (Å²) in [4.78, 5) is 4.35. The van der Waals surface area contributed by atoms with E-state index in [2.05, 4.69) is 24.1 Å². The van der Waals surface area contributed by atoms with Gasteiger partial charge in [0.1, 0.15) is 17.3 Å². The van der Waals surface area contributed by atoms with Crippen LogP contribution in [0.4, 0.5) is 4.39 Å². The Hall–Kier alpha value is -1.94. The Morgan fingerprint density at radius 3 is 2.60 bits per heavy atom. The highest BCUT2D eigenvalue weighted by Gasteiger charge is 2.06. The van der Waals surface area contributed by atoms with Crippen LogP contribution in [-0.2, 0) is 0 Å². The molecule has 0 amide bonds. The van der Waals surface area contributed by atoms with Crippen molar-refractivity contribution in [2.45, 2.75) is 26.8 Å². The maximum atomic E-state index is 13.4. The van der Waals surface area contributed by atoms with Crippen LogP contribution >= 0.6 is 0 Å². The number of rotatable bonds is 5. The monoisotopic (exact) mass is 274 g/mol. The van der Waals surface area contributed by atoms with Crippen molar-refractivity contribution in [3.8, 4) is 11.5 Å². The first kappa shape index (κ1) is 14.5. The number of aryl methyl sites for hydroxylation is 1. The molecule has 1 atom stereocenters. The zero-order valence-electron chi connectivity index (χ0n) is 12.0. The lowest BCUT2D eigenvalue weighted by Gasteiger charge is -2.12. The normalized spacial score (nSPS) is 12.2. The van der Waals surface area contributed by atoms with Crippen LogP contribution < -0.4 is 10.1 Å². The van der Waals surface area contributed by atoms with E-state index in [0.29, 0.717) is 17.1 Å². The molecule has 2 aromatic rings. The summed E-state index contributed by atoms with van der Waals surface area (Å²) in [7, 11) is 0. The first-order chi connectivity index (χ1) is 9.60. The number of hydrogen-bond acceptors (Lipinski definition) is 3. The third-order valence-corrected chi connectivity index (χ3v) is 3.09. The molecule has 0 aliphatic heterocycles. The van der Waals surface area contributed by atoms with Gasteiger partial charge in [-0.25, -0.2) is 4.39 Å². The Morgan fingerprint density at radius 2 is 2.00 bits per heavy atom. The van der Waals surface area contributed by atoms with E-state index in [1.807, 2.05) is 12.1 Å². The van der Waals surface area contributed by atoms with E-state index in [1.54, 1.807) is 25.3 Å². The Balaban J connectivity index is 2.08. The molecule has 0 radical (unpaired) electrons. The molecule has 0 bridgehead atoms. The molecule has 0 fully saturated rings. The summed E-state index contributed by atoms with van der Waals surface area (Å²) in [6, 6.07) is 8.77. The van der Waals surface area contributed by atoms with Gasteiger partial charge in [-0.2, -0.15) is 0 Å². The van der Waals surface area contributed by atoms with Gasteiger partial charge in [-0.1, -0.05) is 13.0 Å². The highest BCUT2D eigenvalue weighted by Crippen LogP contribution is 2.23. The van der Waals surface area contributed by atoms with Crippen LogP contribution in [0.15, 0.2) is 36.5 Å². The van der Waals surface area contributed by atoms with Gasteiger partial charge in [0.15, 0.2) is 0 Å². The van der Waals surface area contributed by atoms with E-state index < -0.39 is 0 Å². The fourth-order valence-electron chi connectivity index (χ4n) is 1.89. The van der Waals surface area contributed by atoms with Crippen molar-refractivity contribution in [3.63, 3.8) is 0 Å². The molecule has 1 aromatic carbocycles. The topological polar surface area (TPSA) is 34.1 Å². The molecule has 4 heteroatoms. The number of pyridine rings is 1. The lowest BCUT2D eigenvalue weighted by molar-refractivity contribution is 0.472. The standard InChI is InChI=1S/C16H19FN2O/c1-4-18-12(3)16-8-7-14(10-19-16)20-13-6-5-11(2)15(17)9-13/h5-10,12,18H,4H2,1-3H3. The Bertz CT molecular complexity index is 569. The third kappa shape index (κ3) is 3.54. The summed E-state index contributed by atoms with van der Waals surface area (Å²) in [5.74, 6) is 0.802. The molecule has 106 valence electrons. The minimum absolute atomic E-state index is 0.200. The van der Waals surface area contributed by atoms with Crippen molar-refractivity contribution < 1.29 is 9.13 Å². The van der Waals surface area contributed by atoms with Gasteiger partial charge in [-0.3, -0.25) is 4.98 Å². The molecule has 0 aliphatic rings. The second kappa shape index (κ2) is 6.48. The molecule has 0 aliphatic carbocycles. The van der Waals surface area contributed by atoms with Gasteiger partial charge in [0, 0.05) is 12.1 Å². The average Bonchev–Trinajstić information content (AvgIpc) is 2.44. The van der Waals surface area contributed by atoms with E-state index in [1.165, 1.54) is 6.07 Å². The van der Waals surface area contributed by atoms with Crippen LogP contribution in [0.2, 0.25) is 0 Å². The number of nitrogens with zero attached hydrogens (tertiary/aromatic N) is 1. The minimum atomic E-state index is -0.271. The summed E-state index contributed by atoms with van der Waals surface area (Å²) in [6.07, 6.45) is 1.65. The van der Waals surface area contributed by atoms with Gasteiger partial charge < -0.3 is 10.1 Å². The molecular formula is C16H19FN2O. The fraction of sp³-hybridized carbons (Fsp3) is 0.312. The van der Waals surface area contributed by atoms with E-state index in [9.17, 15) is 4.39 Å². The molecule has 1 N–H and O–H groups in total. The average molecular weight is 274 g/mol. The fourth-order valence-corrected chi connectivity index (χ4v) is 1.89. The quantitative estimate of drug-likeness (QED) is 0.895. The number of aromatic nitrogens is 1. The van der Waals surface area contributed by atoms with Crippen LogP contribution in [0.1, 0.15) is 31.1 Å². The zero-order chi connectivity index (χ0) is 14.5. The SMILES string of the molecule is CCNC(C)c1ccc(Oc2ccc(C)c(F)c2)cn1. The number of hydrogen-bond donors (Lipinski definition) is 1. The van der Waals surface area contributed by atoms with Gasteiger partial charge in [0.2, 0.25) is 0 Å². The van der Waals surface area contributed by atoms with Gasteiger partial charge in [0.25, 0.3) is 0 Å². The highest BCUT2D eigenvalue weighted by molar-refractivity contribution is 5.33. The molecule has 1 unspecified atom stereocenters. The lowest BCUT2D eigenvalue weighted by Crippen LogP contribution is -2.18. The summed E-state index contributed by atoms with van der Waals surface area (Å²) in [5.41, 5.74) is 1.56. The molecule has 3 nitrogen and oxygen atoms in total. The van der Waals surface area contributed by atoms with Crippen molar-refractivity contribution >= 4 is 0 Å². The predicted octanol–water partition coefficient (Wildman–Crippen LogP) is 3.99. The van der Waals surface area contributed by atoms with Crippen molar-refractivity contribution in [1.82, 2.24) is 10.3 Å². The van der Waals surface area contributed by atoms with Gasteiger partial charge in [-0.05, 0) is 44.2 Å². The van der Waals surface area contributed by atoms with Gasteiger partial charge in [0.05, 0.1) is 11.9 Å². The Morgan fingerprint density at radius 1 is 1.25 bits per heavy atom. The maximum absolute atomic E-state index is 13.4. The van der Waals surface area contributed by atoms with E-state index in [0.717, 1.165) is 12.2 Å². The maximum Gasteiger partial charge on any atom is 0.145 e. The molecule has 2 rings (SSSR count). The summed E-state index contributed by atoms with van der Waals surface area (Å²) >= 11 is 0. The van der Waals surface area contributed by atoms with Crippen LogP contribution in [0, 0.1) is 12.7 Å². The Kier molecular flexibility index (Phi) is 4.69. The summed E-state index contributed by atoms with van der Waals surface area (Å²) in [5, 5.41) is 3.29. The van der Waals surface area contributed by atoms with E-state index in [-0.39, 0.29) is 11.9 Å². The van der Waals surface area contributed by atoms with E-state index in [4.69, 9.17) is 4.74 Å². The number of nitrogens with one attached hydrogen (secondary N) is 1. The molecule has 0 saturated carbocycles.